The molecule has 2 N–H and O–H groups in total. The predicted octanol–water partition coefficient (Wildman–Crippen LogP) is -4.41. The molecule has 0 spiro atoms. The first kappa shape index (κ1) is 30.9. The molecule has 0 aliphatic carbocycles. The Morgan fingerprint density at radius 1 is 0.719 bits per heavy atom. The third kappa shape index (κ3) is 9.06. The molecule has 2 aromatic carbocycles. The molecule has 0 unspecified atom stereocenters. The predicted molar refractivity (Wildman–Crippen MR) is 106 cm³/mol. The van der Waals surface area contributed by atoms with Gasteiger partial charge in [-0.05, 0) is 35.4 Å². The Morgan fingerprint density at radius 3 is 1.28 bits per heavy atom. The molecule has 2 aromatic rings. The average Bonchev–Trinajstić information content (AvgIpc) is 2.58. The van der Waals surface area contributed by atoms with E-state index in [2.05, 4.69) is 10.6 Å². The maximum atomic E-state index is 11.6. The van der Waals surface area contributed by atoms with Gasteiger partial charge in [0.1, 0.15) is 20.2 Å². The molecule has 0 aliphatic rings. The molecule has 0 fully saturated rings. The van der Waals surface area contributed by atoms with Gasteiger partial charge >= 0.3 is 59.1 Å². The third-order valence-corrected chi connectivity index (χ3v) is 5.43. The second-order valence-electron chi connectivity index (χ2n) is 6.11. The van der Waals surface area contributed by atoms with E-state index in [1.54, 1.807) is 0 Å². The summed E-state index contributed by atoms with van der Waals surface area (Å²) < 4.78 is 69.5. The first-order valence-electron chi connectivity index (χ1n) is 8.20. The molecule has 0 atom stereocenters. The van der Waals surface area contributed by atoms with E-state index in [9.17, 15) is 35.5 Å². The molecule has 0 saturated carbocycles. The van der Waals surface area contributed by atoms with Gasteiger partial charge in [-0.3, -0.25) is 9.59 Å². The molecule has 0 heterocycles. The Kier molecular flexibility index (Phi) is 12.0. The van der Waals surface area contributed by atoms with Gasteiger partial charge in [0, 0.05) is 25.2 Å². The fourth-order valence-electron chi connectivity index (χ4n) is 2.52. The molecular formula is C18H16N2Na2O8S2. The van der Waals surface area contributed by atoms with Crippen molar-refractivity contribution in [3.63, 3.8) is 0 Å². The average molecular weight is 498 g/mol. The maximum absolute atomic E-state index is 11.6. The number of nitrogens with one attached hydrogen (secondary N) is 2. The topological polar surface area (TPSA) is 173 Å². The molecule has 0 saturated heterocycles. The minimum atomic E-state index is -4.93. The third-order valence-electron chi connectivity index (χ3n) is 3.65. The van der Waals surface area contributed by atoms with Crippen molar-refractivity contribution >= 4 is 55.6 Å². The fraction of sp³-hybridized carbons (Fsp3) is 0.111. The first-order valence-corrected chi connectivity index (χ1v) is 11.0. The minimum absolute atomic E-state index is 0. The van der Waals surface area contributed by atoms with Crippen LogP contribution >= 0.6 is 0 Å². The van der Waals surface area contributed by atoms with Crippen LogP contribution in [0.2, 0.25) is 0 Å². The number of hydrogen-bond acceptors (Lipinski definition) is 8. The number of amides is 2. The van der Waals surface area contributed by atoms with Gasteiger partial charge in [-0.25, -0.2) is 16.8 Å². The van der Waals surface area contributed by atoms with E-state index in [1.807, 2.05) is 0 Å². The monoisotopic (exact) mass is 498 g/mol. The number of hydrogen-bond donors (Lipinski definition) is 2. The van der Waals surface area contributed by atoms with E-state index >= 15 is 0 Å². The van der Waals surface area contributed by atoms with E-state index < -0.39 is 41.8 Å². The van der Waals surface area contributed by atoms with Crippen LogP contribution in [-0.2, 0) is 29.8 Å². The summed E-state index contributed by atoms with van der Waals surface area (Å²) in [6.45, 7) is 2.41. The standard InChI is InChI=1S/C18H18N2O8S2.2Na/c1-11(21)19-15-7-5-13(17(9-15)29(23,24)25)3-4-14-6-8-16(20-12(2)22)10-18(14)30(26,27)28;;/h3-10H,1-2H3,(H,19,21)(H,20,22)(H,23,24,25)(H,26,27,28);;/q;2*+1/p-2. The molecular weight excluding hydrogens is 482 g/mol. The van der Waals surface area contributed by atoms with Crippen LogP contribution in [0, 0.1) is 0 Å². The number of anilines is 2. The van der Waals surface area contributed by atoms with Crippen LogP contribution in [-0.4, -0.2) is 37.8 Å². The zero-order chi connectivity index (χ0) is 22.7. The minimum Gasteiger partial charge on any atom is -0.744 e. The zero-order valence-electron chi connectivity index (χ0n) is 17.7. The molecule has 2 rings (SSSR count). The van der Waals surface area contributed by atoms with Crippen LogP contribution in [0.1, 0.15) is 25.0 Å². The Hall–Kier alpha value is -1.06. The van der Waals surface area contributed by atoms with Crippen molar-refractivity contribution in [3.8, 4) is 0 Å². The molecule has 0 radical (unpaired) electrons. The van der Waals surface area contributed by atoms with Gasteiger partial charge in [0.2, 0.25) is 11.8 Å². The van der Waals surface area contributed by atoms with Crippen molar-refractivity contribution in [1.82, 2.24) is 0 Å². The molecule has 14 heteroatoms. The molecule has 0 aliphatic heterocycles. The Labute approximate surface area is 229 Å². The summed E-state index contributed by atoms with van der Waals surface area (Å²) in [4.78, 5) is 21.0. The summed E-state index contributed by atoms with van der Waals surface area (Å²) in [5.41, 5.74) is -0.00769. The van der Waals surface area contributed by atoms with E-state index in [0.29, 0.717) is 0 Å². The van der Waals surface area contributed by atoms with Crippen LogP contribution in [0.25, 0.3) is 12.2 Å². The Morgan fingerprint density at radius 2 is 1.03 bits per heavy atom. The van der Waals surface area contributed by atoms with Crippen molar-refractivity contribution in [3.05, 3.63) is 47.5 Å². The van der Waals surface area contributed by atoms with Crippen LogP contribution < -0.4 is 69.7 Å². The summed E-state index contributed by atoms with van der Waals surface area (Å²) >= 11 is 0. The molecule has 0 aromatic heterocycles. The van der Waals surface area contributed by atoms with Gasteiger partial charge in [-0.2, -0.15) is 0 Å². The first-order chi connectivity index (χ1) is 13.8. The van der Waals surface area contributed by atoms with E-state index in [-0.39, 0.29) is 81.6 Å². The van der Waals surface area contributed by atoms with Gasteiger partial charge in [0.05, 0.1) is 9.79 Å². The molecule has 0 bridgehead atoms. The zero-order valence-corrected chi connectivity index (χ0v) is 23.3. The Bertz CT molecular complexity index is 1160. The van der Waals surface area contributed by atoms with Crippen LogP contribution in [0.15, 0.2) is 46.2 Å². The van der Waals surface area contributed by atoms with Gasteiger partial charge in [-0.15, -0.1) is 0 Å². The van der Waals surface area contributed by atoms with E-state index in [4.69, 9.17) is 0 Å². The number of benzene rings is 2. The molecule has 2 amide bonds. The second-order valence-corrected chi connectivity index (χ2v) is 8.81. The quantitative estimate of drug-likeness (QED) is 0.228. The summed E-state index contributed by atoms with van der Waals surface area (Å²) in [6.07, 6.45) is 2.29. The summed E-state index contributed by atoms with van der Waals surface area (Å²) in [5, 5.41) is 4.70. The molecule has 10 nitrogen and oxygen atoms in total. The molecule has 160 valence electrons. The Balaban J connectivity index is 0.00000480. The summed E-state index contributed by atoms with van der Waals surface area (Å²) in [7, 11) is -9.87. The van der Waals surface area contributed by atoms with E-state index in [1.165, 1.54) is 38.1 Å². The van der Waals surface area contributed by atoms with Crippen molar-refractivity contribution in [2.24, 2.45) is 0 Å². The van der Waals surface area contributed by atoms with Gasteiger partial charge in [-0.1, -0.05) is 24.3 Å². The smallest absolute Gasteiger partial charge is 0.744 e. The van der Waals surface area contributed by atoms with Crippen molar-refractivity contribution in [2.45, 2.75) is 23.6 Å². The van der Waals surface area contributed by atoms with Crippen molar-refractivity contribution in [1.29, 1.82) is 0 Å². The second kappa shape index (κ2) is 12.4. The van der Waals surface area contributed by atoms with Gasteiger partial charge < -0.3 is 19.7 Å². The summed E-state index contributed by atoms with van der Waals surface area (Å²) in [6, 6.07) is 7.11. The normalized spacial score (nSPS) is 11.2. The number of carbonyl (C=O) groups excluding carboxylic acids is 2. The van der Waals surface area contributed by atoms with Crippen LogP contribution in [0.3, 0.4) is 0 Å². The number of rotatable bonds is 6. The fourth-order valence-corrected chi connectivity index (χ4v) is 3.91. The molecule has 32 heavy (non-hydrogen) atoms. The van der Waals surface area contributed by atoms with Gasteiger partial charge in [0.15, 0.2) is 0 Å². The van der Waals surface area contributed by atoms with Crippen LogP contribution in [0.5, 0.6) is 0 Å². The van der Waals surface area contributed by atoms with Gasteiger partial charge in [0.25, 0.3) is 0 Å². The number of carbonyl (C=O) groups is 2. The summed E-state index contributed by atoms with van der Waals surface area (Å²) in [5.74, 6) is -0.950. The van der Waals surface area contributed by atoms with E-state index in [0.717, 1.165) is 24.3 Å². The SMILES string of the molecule is CC(=O)Nc1ccc(C=Cc2ccc(NC(C)=O)cc2S(=O)(=O)[O-])c(S(=O)(=O)[O-])c1.[Na+].[Na+]. The largest absolute Gasteiger partial charge is 1.00 e. The van der Waals surface area contributed by atoms with Crippen LogP contribution in [0.4, 0.5) is 11.4 Å². The van der Waals surface area contributed by atoms with Crippen molar-refractivity contribution < 1.29 is 94.6 Å². The maximum Gasteiger partial charge on any atom is 1.00 e. The van der Waals surface area contributed by atoms with Crippen molar-refractivity contribution in [2.75, 3.05) is 10.6 Å².